The van der Waals surface area contributed by atoms with Crippen molar-refractivity contribution in [3.8, 4) is 11.4 Å². The van der Waals surface area contributed by atoms with E-state index >= 15 is 0 Å². The van der Waals surface area contributed by atoms with Gasteiger partial charge in [-0.25, -0.2) is 0 Å². The molecule has 0 aliphatic heterocycles. The van der Waals surface area contributed by atoms with Gasteiger partial charge in [-0.3, -0.25) is 9.78 Å². The predicted octanol–water partition coefficient (Wildman–Crippen LogP) is 3.13. The average molecular weight is 340 g/mol. The lowest BCUT2D eigenvalue weighted by Gasteiger charge is -2.13. The van der Waals surface area contributed by atoms with E-state index in [1.54, 1.807) is 6.92 Å². The highest BCUT2D eigenvalue weighted by atomic mass is 19.4. The maximum atomic E-state index is 12.7. The Morgan fingerprint density at radius 2 is 2.12 bits per heavy atom. The Morgan fingerprint density at radius 3 is 2.75 bits per heavy atom. The van der Waals surface area contributed by atoms with E-state index in [9.17, 15) is 18.0 Å². The highest BCUT2D eigenvalue weighted by Gasteiger charge is 2.45. The third-order valence-electron chi connectivity index (χ3n) is 4.02. The van der Waals surface area contributed by atoms with Gasteiger partial charge in [0.1, 0.15) is 11.7 Å². The molecule has 1 amide bonds. The van der Waals surface area contributed by atoms with Gasteiger partial charge in [0.2, 0.25) is 17.6 Å². The zero-order chi connectivity index (χ0) is 17.5. The first-order valence-electron chi connectivity index (χ1n) is 7.37. The van der Waals surface area contributed by atoms with Gasteiger partial charge in [-0.05, 0) is 31.9 Å². The summed E-state index contributed by atoms with van der Waals surface area (Å²) in [5.74, 6) is 0.0441. The molecule has 2 aromatic rings. The number of carbonyl (C=O) groups is 1. The van der Waals surface area contributed by atoms with Crippen LogP contribution in [0, 0.1) is 5.41 Å². The predicted molar refractivity (Wildman–Crippen MR) is 76.4 cm³/mol. The van der Waals surface area contributed by atoms with Gasteiger partial charge < -0.3 is 9.84 Å². The Morgan fingerprint density at radius 1 is 1.42 bits per heavy atom. The van der Waals surface area contributed by atoms with Gasteiger partial charge in [-0.1, -0.05) is 12.1 Å². The summed E-state index contributed by atoms with van der Waals surface area (Å²) in [6.45, 7) is 3.54. The van der Waals surface area contributed by atoms with Crippen molar-refractivity contribution in [3.63, 3.8) is 0 Å². The smallest absolute Gasteiger partial charge is 0.344 e. The van der Waals surface area contributed by atoms with Crippen LogP contribution in [0.5, 0.6) is 0 Å². The number of nitrogens with one attached hydrogen (secondary N) is 1. The Balaban J connectivity index is 1.77. The Kier molecular flexibility index (Phi) is 3.81. The first-order chi connectivity index (χ1) is 11.2. The molecule has 0 bridgehead atoms. The summed E-state index contributed by atoms with van der Waals surface area (Å²) in [7, 11) is 0. The lowest BCUT2D eigenvalue weighted by molar-refractivity contribution is -0.141. The topological polar surface area (TPSA) is 80.9 Å². The van der Waals surface area contributed by atoms with Crippen molar-refractivity contribution in [1.82, 2.24) is 20.4 Å². The molecule has 24 heavy (non-hydrogen) atoms. The quantitative estimate of drug-likeness (QED) is 0.925. The van der Waals surface area contributed by atoms with E-state index < -0.39 is 17.9 Å². The van der Waals surface area contributed by atoms with Gasteiger partial charge in [0.15, 0.2) is 0 Å². The molecule has 128 valence electrons. The molecule has 2 heterocycles. The van der Waals surface area contributed by atoms with Crippen molar-refractivity contribution in [1.29, 1.82) is 0 Å². The van der Waals surface area contributed by atoms with E-state index in [-0.39, 0.29) is 28.6 Å². The number of amides is 1. The largest absolute Gasteiger partial charge is 0.433 e. The molecule has 9 heteroatoms. The van der Waals surface area contributed by atoms with Crippen LogP contribution in [-0.2, 0) is 11.0 Å². The molecule has 1 atom stereocenters. The van der Waals surface area contributed by atoms with Gasteiger partial charge >= 0.3 is 6.18 Å². The summed E-state index contributed by atoms with van der Waals surface area (Å²) in [6, 6.07) is 1.68. The number of alkyl halides is 3. The molecule has 0 saturated heterocycles. The van der Waals surface area contributed by atoms with E-state index in [1.165, 1.54) is 6.07 Å². The molecule has 2 aromatic heterocycles. The van der Waals surface area contributed by atoms with Gasteiger partial charge in [0, 0.05) is 17.2 Å². The van der Waals surface area contributed by atoms with E-state index in [2.05, 4.69) is 20.4 Å². The fourth-order valence-electron chi connectivity index (χ4n) is 2.10. The maximum absolute atomic E-state index is 12.7. The molecule has 1 saturated carbocycles. The number of aromatic nitrogens is 3. The third kappa shape index (κ3) is 3.24. The lowest BCUT2D eigenvalue weighted by Crippen LogP contribution is -2.32. The van der Waals surface area contributed by atoms with Crippen LogP contribution in [0.2, 0.25) is 0 Å². The van der Waals surface area contributed by atoms with E-state index in [0.717, 1.165) is 25.1 Å². The third-order valence-corrected chi connectivity index (χ3v) is 4.02. The molecule has 3 rings (SSSR count). The number of pyridine rings is 1. The highest BCUT2D eigenvalue weighted by Crippen LogP contribution is 2.45. The molecule has 1 N–H and O–H groups in total. The highest BCUT2D eigenvalue weighted by molar-refractivity contribution is 5.85. The minimum absolute atomic E-state index is 0.0108. The van der Waals surface area contributed by atoms with Crippen LogP contribution in [0.15, 0.2) is 22.9 Å². The summed E-state index contributed by atoms with van der Waals surface area (Å²) in [6.07, 6.45) is -1.85. The molecule has 1 aliphatic carbocycles. The molecule has 0 aromatic carbocycles. The van der Waals surface area contributed by atoms with E-state index in [1.807, 2.05) is 6.92 Å². The summed E-state index contributed by atoms with van der Waals surface area (Å²) in [5.41, 5.74) is -1.24. The van der Waals surface area contributed by atoms with Crippen molar-refractivity contribution in [2.45, 2.75) is 38.9 Å². The number of nitrogens with zero attached hydrogens (tertiary/aromatic N) is 3. The second-order valence-corrected chi connectivity index (χ2v) is 6.14. The van der Waals surface area contributed by atoms with Crippen LogP contribution >= 0.6 is 0 Å². The van der Waals surface area contributed by atoms with Gasteiger partial charge in [0.05, 0.1) is 0 Å². The Hall–Kier alpha value is -2.45. The molecular formula is C15H15F3N4O2. The zero-order valence-electron chi connectivity index (χ0n) is 13.0. The van der Waals surface area contributed by atoms with Gasteiger partial charge in [-0.15, -0.1) is 0 Å². The summed E-state index contributed by atoms with van der Waals surface area (Å²) in [5, 5.41) is 6.45. The summed E-state index contributed by atoms with van der Waals surface area (Å²) < 4.78 is 43.2. The van der Waals surface area contributed by atoms with Crippen LogP contribution in [-0.4, -0.2) is 21.0 Å². The van der Waals surface area contributed by atoms with Crippen molar-refractivity contribution in [2.75, 3.05) is 0 Å². The zero-order valence-corrected chi connectivity index (χ0v) is 13.0. The van der Waals surface area contributed by atoms with E-state index in [0.29, 0.717) is 0 Å². The molecule has 1 aliphatic rings. The number of carbonyl (C=O) groups excluding carboxylic acids is 1. The van der Waals surface area contributed by atoms with Gasteiger partial charge in [0.25, 0.3) is 0 Å². The number of hydrogen-bond donors (Lipinski definition) is 1. The average Bonchev–Trinajstić information content (AvgIpc) is 3.10. The van der Waals surface area contributed by atoms with Crippen molar-refractivity contribution in [3.05, 3.63) is 29.9 Å². The monoisotopic (exact) mass is 340 g/mol. The van der Waals surface area contributed by atoms with Gasteiger partial charge in [-0.2, -0.15) is 18.2 Å². The lowest BCUT2D eigenvalue weighted by atomic mass is 10.1. The van der Waals surface area contributed by atoms with Crippen LogP contribution in [0.3, 0.4) is 0 Å². The maximum Gasteiger partial charge on any atom is 0.433 e. The van der Waals surface area contributed by atoms with E-state index in [4.69, 9.17) is 4.52 Å². The van der Waals surface area contributed by atoms with Crippen LogP contribution in [0.1, 0.15) is 44.3 Å². The number of hydrogen-bond acceptors (Lipinski definition) is 5. The van der Waals surface area contributed by atoms with Crippen LogP contribution in [0.4, 0.5) is 13.2 Å². The first kappa shape index (κ1) is 16.4. The number of rotatable bonds is 4. The summed E-state index contributed by atoms with van der Waals surface area (Å²) in [4.78, 5) is 19.4. The first-order valence-corrected chi connectivity index (χ1v) is 7.37. The normalized spacial score (nSPS) is 17.4. The van der Waals surface area contributed by atoms with Crippen molar-refractivity contribution >= 4 is 5.91 Å². The van der Waals surface area contributed by atoms with Crippen LogP contribution < -0.4 is 5.32 Å². The molecule has 6 nitrogen and oxygen atoms in total. The molecule has 0 spiro atoms. The SMILES string of the molecule is C[C@H](NC(=O)C1(C)CC1)c1nc(-c2ccnc(C(F)(F)F)c2)no1. The van der Waals surface area contributed by atoms with Crippen molar-refractivity contribution in [2.24, 2.45) is 5.41 Å². The molecular weight excluding hydrogens is 325 g/mol. The van der Waals surface area contributed by atoms with Crippen molar-refractivity contribution < 1.29 is 22.5 Å². The molecule has 1 fully saturated rings. The Bertz CT molecular complexity index is 768. The second kappa shape index (κ2) is 5.57. The fourth-order valence-corrected chi connectivity index (χ4v) is 2.10. The Labute approximate surface area is 135 Å². The molecule has 0 radical (unpaired) electrons. The number of halogens is 3. The minimum Gasteiger partial charge on any atom is -0.344 e. The molecule has 0 unspecified atom stereocenters. The van der Waals surface area contributed by atoms with Crippen LogP contribution in [0.25, 0.3) is 11.4 Å². The minimum atomic E-state index is -4.55. The fraction of sp³-hybridized carbons (Fsp3) is 0.467. The second-order valence-electron chi connectivity index (χ2n) is 6.14. The summed E-state index contributed by atoms with van der Waals surface area (Å²) >= 11 is 0. The standard InChI is InChI=1S/C15H15F3N4O2/c1-8(20-13(23)14(2)4-5-14)12-21-11(22-24-12)9-3-6-19-10(7-9)15(16,17)18/h3,6-8H,4-5H2,1-2H3,(H,20,23)/t8-/m0/s1.